The maximum absolute atomic E-state index is 13.8. The molecule has 1 aromatic rings. The number of benzene rings is 1. The van der Waals surface area contributed by atoms with E-state index in [9.17, 15) is 9.18 Å². The molecule has 1 unspecified atom stereocenters. The summed E-state index contributed by atoms with van der Waals surface area (Å²) in [5.41, 5.74) is -0.376. The molecule has 1 aromatic carbocycles. The monoisotopic (exact) mass is 251 g/mol. The summed E-state index contributed by atoms with van der Waals surface area (Å²) in [5.74, 6) is -0.135. The predicted octanol–water partition coefficient (Wildman–Crippen LogP) is 2.21. The minimum atomic E-state index is -0.837. The summed E-state index contributed by atoms with van der Waals surface area (Å²) in [4.78, 5) is 11.6. The quantitative estimate of drug-likeness (QED) is 0.871. The van der Waals surface area contributed by atoms with E-state index in [2.05, 4.69) is 5.32 Å². The van der Waals surface area contributed by atoms with Crippen LogP contribution in [0.3, 0.4) is 0 Å². The molecule has 0 heterocycles. The van der Waals surface area contributed by atoms with Crippen LogP contribution in [-0.2, 0) is 15.1 Å². The smallest absolute Gasteiger partial charge is 0.223 e. The summed E-state index contributed by atoms with van der Waals surface area (Å²) in [7, 11) is 1.52. The van der Waals surface area contributed by atoms with E-state index in [0.717, 1.165) is 12.8 Å². The van der Waals surface area contributed by atoms with Crippen molar-refractivity contribution in [1.29, 1.82) is 0 Å². The van der Waals surface area contributed by atoms with Gasteiger partial charge in [-0.15, -0.1) is 0 Å². The van der Waals surface area contributed by atoms with Gasteiger partial charge in [-0.3, -0.25) is 4.79 Å². The minimum absolute atomic E-state index is 0.0367. The molecule has 1 aliphatic rings. The third-order valence-electron chi connectivity index (χ3n) is 3.44. The largest absolute Gasteiger partial charge is 0.372 e. The van der Waals surface area contributed by atoms with E-state index in [-0.39, 0.29) is 24.2 Å². The van der Waals surface area contributed by atoms with Crippen molar-refractivity contribution in [2.24, 2.45) is 5.92 Å². The number of ether oxygens (including phenoxy) is 1. The Labute approximate surface area is 106 Å². The van der Waals surface area contributed by atoms with Gasteiger partial charge in [-0.25, -0.2) is 4.39 Å². The zero-order chi connectivity index (χ0) is 13.2. The number of carbonyl (C=O) groups is 1. The van der Waals surface area contributed by atoms with Gasteiger partial charge in [0.05, 0.1) is 6.54 Å². The molecule has 0 aliphatic heterocycles. The summed E-state index contributed by atoms with van der Waals surface area (Å²) in [6.45, 7) is 2.05. The topological polar surface area (TPSA) is 38.3 Å². The summed E-state index contributed by atoms with van der Waals surface area (Å²) < 4.78 is 19.2. The molecule has 1 amide bonds. The lowest BCUT2D eigenvalue weighted by Gasteiger charge is -2.29. The van der Waals surface area contributed by atoms with Gasteiger partial charge in [-0.1, -0.05) is 18.2 Å². The summed E-state index contributed by atoms with van der Waals surface area (Å²) in [5, 5.41) is 2.83. The first-order valence-electron chi connectivity index (χ1n) is 6.15. The van der Waals surface area contributed by atoms with Crippen LogP contribution >= 0.6 is 0 Å². The molecule has 0 aromatic heterocycles. The van der Waals surface area contributed by atoms with Crippen molar-refractivity contribution in [1.82, 2.24) is 5.32 Å². The van der Waals surface area contributed by atoms with Crippen molar-refractivity contribution in [3.05, 3.63) is 35.6 Å². The first-order valence-corrected chi connectivity index (χ1v) is 6.15. The second-order valence-electron chi connectivity index (χ2n) is 4.91. The summed E-state index contributed by atoms with van der Waals surface area (Å²) in [6.07, 6.45) is 1.91. The van der Waals surface area contributed by atoms with Gasteiger partial charge < -0.3 is 10.1 Å². The van der Waals surface area contributed by atoms with Gasteiger partial charge in [0, 0.05) is 18.6 Å². The Hall–Kier alpha value is -1.42. The van der Waals surface area contributed by atoms with Crippen LogP contribution < -0.4 is 5.32 Å². The number of methoxy groups -OCH3 is 1. The highest BCUT2D eigenvalue weighted by Gasteiger charge is 2.33. The molecular weight excluding hydrogens is 233 g/mol. The van der Waals surface area contributed by atoms with Crippen molar-refractivity contribution in [3.8, 4) is 0 Å². The van der Waals surface area contributed by atoms with Crippen LogP contribution in [0.4, 0.5) is 4.39 Å². The lowest BCUT2D eigenvalue weighted by atomic mass is 9.95. The van der Waals surface area contributed by atoms with Crippen LogP contribution in [0.15, 0.2) is 24.3 Å². The molecule has 1 fully saturated rings. The fourth-order valence-electron chi connectivity index (χ4n) is 1.91. The molecule has 0 spiro atoms. The van der Waals surface area contributed by atoms with Gasteiger partial charge in [0.2, 0.25) is 5.91 Å². The number of carbonyl (C=O) groups excluding carboxylic acids is 1. The lowest BCUT2D eigenvalue weighted by molar-refractivity contribution is -0.123. The molecule has 0 radical (unpaired) electrons. The molecule has 18 heavy (non-hydrogen) atoms. The Balaban J connectivity index is 2.09. The molecule has 0 saturated heterocycles. The van der Waals surface area contributed by atoms with Crippen molar-refractivity contribution < 1.29 is 13.9 Å². The Bertz CT molecular complexity index is 445. The van der Waals surface area contributed by atoms with Gasteiger partial charge in [-0.2, -0.15) is 0 Å². The van der Waals surface area contributed by atoms with Gasteiger partial charge in [0.25, 0.3) is 0 Å². The second-order valence-corrected chi connectivity index (χ2v) is 4.91. The maximum atomic E-state index is 13.8. The fourth-order valence-corrected chi connectivity index (χ4v) is 1.91. The second kappa shape index (κ2) is 5.06. The Kier molecular flexibility index (Phi) is 3.66. The molecule has 0 bridgehead atoms. The van der Waals surface area contributed by atoms with Crippen LogP contribution in [-0.4, -0.2) is 19.6 Å². The van der Waals surface area contributed by atoms with Crippen molar-refractivity contribution >= 4 is 5.91 Å². The number of halogens is 1. The third kappa shape index (κ3) is 2.70. The first kappa shape index (κ1) is 13.0. The first-order chi connectivity index (χ1) is 8.57. The number of nitrogens with one attached hydrogen (secondary N) is 1. The highest BCUT2D eigenvalue weighted by molar-refractivity contribution is 5.80. The SMILES string of the molecule is COC(C)(CNC(=O)C1CC1)c1ccccc1F. The fraction of sp³-hybridized carbons (Fsp3) is 0.500. The Morgan fingerprint density at radius 2 is 2.17 bits per heavy atom. The van der Waals surface area contributed by atoms with E-state index in [1.165, 1.54) is 13.2 Å². The number of hydrogen-bond acceptors (Lipinski definition) is 2. The molecular formula is C14H18FNO2. The molecule has 1 atom stereocenters. The van der Waals surface area contributed by atoms with Gasteiger partial charge in [0.1, 0.15) is 11.4 Å². The van der Waals surface area contributed by atoms with E-state index in [0.29, 0.717) is 5.56 Å². The van der Waals surface area contributed by atoms with E-state index < -0.39 is 5.60 Å². The molecule has 4 heteroatoms. The van der Waals surface area contributed by atoms with E-state index in [1.54, 1.807) is 25.1 Å². The molecule has 98 valence electrons. The minimum Gasteiger partial charge on any atom is -0.372 e. The summed E-state index contributed by atoms with van der Waals surface area (Å²) >= 11 is 0. The summed E-state index contributed by atoms with van der Waals surface area (Å²) in [6, 6.07) is 6.48. The van der Waals surface area contributed by atoms with Gasteiger partial charge >= 0.3 is 0 Å². The average Bonchev–Trinajstić information content (AvgIpc) is 3.20. The molecule has 3 nitrogen and oxygen atoms in total. The number of rotatable bonds is 5. The normalized spacial score (nSPS) is 18.2. The highest BCUT2D eigenvalue weighted by atomic mass is 19.1. The van der Waals surface area contributed by atoms with Crippen LogP contribution in [0.2, 0.25) is 0 Å². The third-order valence-corrected chi connectivity index (χ3v) is 3.44. The van der Waals surface area contributed by atoms with E-state index >= 15 is 0 Å². The highest BCUT2D eigenvalue weighted by Crippen LogP contribution is 2.30. The lowest BCUT2D eigenvalue weighted by Crippen LogP contribution is -2.41. The zero-order valence-electron chi connectivity index (χ0n) is 10.7. The van der Waals surface area contributed by atoms with Crippen LogP contribution in [0.1, 0.15) is 25.3 Å². The van der Waals surface area contributed by atoms with Crippen LogP contribution in [0.5, 0.6) is 0 Å². The van der Waals surface area contributed by atoms with Gasteiger partial charge in [0.15, 0.2) is 0 Å². The Morgan fingerprint density at radius 1 is 1.50 bits per heavy atom. The molecule has 1 N–H and O–H groups in total. The van der Waals surface area contributed by atoms with Crippen LogP contribution in [0, 0.1) is 11.7 Å². The standard InChI is InChI=1S/C14H18FNO2/c1-14(18-2,9-16-13(17)10-7-8-10)11-5-3-4-6-12(11)15/h3-6,10H,7-9H2,1-2H3,(H,16,17). The zero-order valence-corrected chi connectivity index (χ0v) is 10.7. The van der Waals surface area contributed by atoms with E-state index in [1.807, 2.05) is 0 Å². The average molecular weight is 251 g/mol. The van der Waals surface area contributed by atoms with Crippen molar-refractivity contribution in [2.75, 3.05) is 13.7 Å². The van der Waals surface area contributed by atoms with Crippen molar-refractivity contribution in [2.45, 2.75) is 25.4 Å². The molecule has 2 rings (SSSR count). The number of amides is 1. The van der Waals surface area contributed by atoms with Crippen molar-refractivity contribution in [3.63, 3.8) is 0 Å². The molecule has 1 aliphatic carbocycles. The predicted molar refractivity (Wildman–Crippen MR) is 66.5 cm³/mol. The number of hydrogen-bond donors (Lipinski definition) is 1. The van der Waals surface area contributed by atoms with Crippen LogP contribution in [0.25, 0.3) is 0 Å². The maximum Gasteiger partial charge on any atom is 0.223 e. The van der Waals surface area contributed by atoms with E-state index in [4.69, 9.17) is 4.74 Å². The molecule has 1 saturated carbocycles. The van der Waals surface area contributed by atoms with Gasteiger partial charge in [-0.05, 0) is 25.8 Å². The Morgan fingerprint density at radius 3 is 2.72 bits per heavy atom.